The Morgan fingerprint density at radius 3 is 2.37 bits per heavy atom. The fraction of sp³-hybridized carbons (Fsp3) is 0.143. The first-order chi connectivity index (χ1) is 13.0. The molecule has 27 heavy (non-hydrogen) atoms. The SMILES string of the molecule is COc1ccc(OC)c(C2=C(c3c(C)[nH]c4ccccc34)C(=O)NC2=O)c1. The third kappa shape index (κ3) is 2.57. The van der Waals surface area contributed by atoms with Crippen molar-refractivity contribution < 1.29 is 19.1 Å². The van der Waals surface area contributed by atoms with Gasteiger partial charge in [0, 0.05) is 27.7 Å². The molecular weight excluding hydrogens is 344 g/mol. The van der Waals surface area contributed by atoms with Crippen molar-refractivity contribution in [2.24, 2.45) is 0 Å². The molecule has 0 saturated carbocycles. The van der Waals surface area contributed by atoms with Crippen molar-refractivity contribution in [2.75, 3.05) is 14.2 Å². The molecule has 0 saturated heterocycles. The van der Waals surface area contributed by atoms with Gasteiger partial charge in [0.1, 0.15) is 11.5 Å². The highest BCUT2D eigenvalue weighted by Crippen LogP contribution is 2.40. The van der Waals surface area contributed by atoms with Crippen molar-refractivity contribution in [2.45, 2.75) is 6.92 Å². The van der Waals surface area contributed by atoms with Crippen LogP contribution in [0.15, 0.2) is 42.5 Å². The van der Waals surface area contributed by atoms with Crippen molar-refractivity contribution in [3.63, 3.8) is 0 Å². The summed E-state index contributed by atoms with van der Waals surface area (Å²) in [6.07, 6.45) is 0. The highest BCUT2D eigenvalue weighted by Gasteiger charge is 2.35. The number of H-pyrrole nitrogens is 1. The average Bonchev–Trinajstić information content (AvgIpc) is 3.15. The minimum absolute atomic E-state index is 0.281. The predicted octanol–water partition coefficient (Wildman–Crippen LogP) is 3.06. The van der Waals surface area contributed by atoms with Crippen LogP contribution in [-0.4, -0.2) is 31.0 Å². The van der Waals surface area contributed by atoms with Gasteiger partial charge in [-0.2, -0.15) is 0 Å². The van der Waals surface area contributed by atoms with Crippen LogP contribution in [0.1, 0.15) is 16.8 Å². The number of aromatic amines is 1. The van der Waals surface area contributed by atoms with Crippen LogP contribution in [-0.2, 0) is 9.59 Å². The van der Waals surface area contributed by atoms with Gasteiger partial charge in [0.15, 0.2) is 0 Å². The van der Waals surface area contributed by atoms with Crippen LogP contribution in [0, 0.1) is 6.92 Å². The van der Waals surface area contributed by atoms with Crippen LogP contribution in [0.4, 0.5) is 0 Å². The number of rotatable bonds is 4. The number of benzene rings is 2. The molecule has 1 aromatic heterocycles. The molecule has 4 rings (SSSR count). The Balaban J connectivity index is 2.07. The van der Waals surface area contributed by atoms with E-state index in [-0.39, 0.29) is 5.57 Å². The molecule has 0 atom stereocenters. The average molecular weight is 362 g/mol. The molecule has 2 amide bonds. The summed E-state index contributed by atoms with van der Waals surface area (Å²) in [7, 11) is 3.07. The normalized spacial score (nSPS) is 14.0. The number of imide groups is 1. The van der Waals surface area contributed by atoms with Gasteiger partial charge >= 0.3 is 0 Å². The Bertz CT molecular complexity index is 1120. The molecule has 0 aliphatic carbocycles. The van der Waals surface area contributed by atoms with E-state index in [0.717, 1.165) is 16.6 Å². The van der Waals surface area contributed by atoms with Gasteiger partial charge in [0.25, 0.3) is 11.8 Å². The molecule has 2 N–H and O–H groups in total. The molecule has 0 bridgehead atoms. The number of amides is 2. The van der Waals surface area contributed by atoms with E-state index in [1.807, 2.05) is 31.2 Å². The summed E-state index contributed by atoms with van der Waals surface area (Å²) >= 11 is 0. The van der Waals surface area contributed by atoms with Gasteiger partial charge < -0.3 is 14.5 Å². The second kappa shape index (κ2) is 6.32. The van der Waals surface area contributed by atoms with Crippen LogP contribution >= 0.6 is 0 Å². The first kappa shape index (κ1) is 16.9. The minimum Gasteiger partial charge on any atom is -0.497 e. The van der Waals surface area contributed by atoms with Gasteiger partial charge in [-0.15, -0.1) is 0 Å². The number of hydrogen-bond acceptors (Lipinski definition) is 4. The van der Waals surface area contributed by atoms with Gasteiger partial charge in [0.2, 0.25) is 0 Å². The fourth-order valence-electron chi connectivity index (χ4n) is 3.56. The number of fused-ring (bicyclic) bond motifs is 1. The molecule has 2 aromatic carbocycles. The molecule has 3 aromatic rings. The number of aromatic nitrogens is 1. The molecular formula is C21H18N2O4. The van der Waals surface area contributed by atoms with E-state index in [2.05, 4.69) is 10.3 Å². The Labute approximate surface area is 155 Å². The number of nitrogens with one attached hydrogen (secondary N) is 2. The quantitative estimate of drug-likeness (QED) is 0.699. The second-order valence-corrected chi connectivity index (χ2v) is 6.27. The Morgan fingerprint density at radius 2 is 1.63 bits per heavy atom. The second-order valence-electron chi connectivity index (χ2n) is 6.27. The lowest BCUT2D eigenvalue weighted by Crippen LogP contribution is -2.23. The van der Waals surface area contributed by atoms with Gasteiger partial charge in [0.05, 0.1) is 25.4 Å². The molecule has 0 fully saturated rings. The van der Waals surface area contributed by atoms with E-state index in [0.29, 0.717) is 28.2 Å². The summed E-state index contributed by atoms with van der Waals surface area (Å²) in [5, 5.41) is 3.31. The van der Waals surface area contributed by atoms with Crippen molar-refractivity contribution >= 4 is 33.9 Å². The Hall–Kier alpha value is -3.54. The molecule has 6 nitrogen and oxygen atoms in total. The van der Waals surface area contributed by atoms with Crippen molar-refractivity contribution in [3.8, 4) is 11.5 Å². The molecule has 0 spiro atoms. The maximum Gasteiger partial charge on any atom is 0.259 e. The molecule has 1 aliphatic heterocycles. The minimum atomic E-state index is -0.453. The maximum atomic E-state index is 12.7. The summed E-state index contributed by atoms with van der Waals surface area (Å²) in [4.78, 5) is 28.7. The van der Waals surface area contributed by atoms with E-state index < -0.39 is 11.8 Å². The van der Waals surface area contributed by atoms with Crippen molar-refractivity contribution in [1.82, 2.24) is 10.3 Å². The van der Waals surface area contributed by atoms with Crippen LogP contribution in [0.3, 0.4) is 0 Å². The molecule has 0 unspecified atom stereocenters. The molecule has 2 heterocycles. The zero-order chi connectivity index (χ0) is 19.1. The lowest BCUT2D eigenvalue weighted by Gasteiger charge is -2.12. The van der Waals surface area contributed by atoms with E-state index >= 15 is 0 Å². The number of para-hydroxylation sites is 1. The van der Waals surface area contributed by atoms with Gasteiger partial charge in [-0.05, 0) is 31.2 Å². The zero-order valence-electron chi connectivity index (χ0n) is 15.2. The lowest BCUT2D eigenvalue weighted by molar-refractivity contribution is -0.122. The standard InChI is InChI=1S/C21H18N2O4/c1-11-17(13-6-4-5-7-15(13)22-11)19-18(20(24)23-21(19)25)14-10-12(26-2)8-9-16(14)27-3/h4-10,22H,1-3H3,(H,23,24,25). The molecule has 1 aliphatic rings. The maximum absolute atomic E-state index is 12.7. The van der Waals surface area contributed by atoms with Crippen molar-refractivity contribution in [3.05, 3.63) is 59.3 Å². The topological polar surface area (TPSA) is 80.4 Å². The number of methoxy groups -OCH3 is 2. The van der Waals surface area contributed by atoms with Gasteiger partial charge in [-0.3, -0.25) is 14.9 Å². The monoisotopic (exact) mass is 362 g/mol. The summed E-state index contributed by atoms with van der Waals surface area (Å²) in [6.45, 7) is 1.89. The number of ether oxygens (including phenoxy) is 2. The smallest absolute Gasteiger partial charge is 0.259 e. The first-order valence-corrected chi connectivity index (χ1v) is 8.45. The van der Waals surface area contributed by atoms with Gasteiger partial charge in [-0.25, -0.2) is 0 Å². The van der Waals surface area contributed by atoms with Crippen LogP contribution in [0.25, 0.3) is 22.0 Å². The largest absolute Gasteiger partial charge is 0.497 e. The Kier molecular flexibility index (Phi) is 3.96. The van der Waals surface area contributed by atoms with E-state index in [9.17, 15) is 9.59 Å². The summed E-state index contributed by atoms with van der Waals surface area (Å²) in [5.41, 5.74) is 3.57. The van der Waals surface area contributed by atoms with Crippen molar-refractivity contribution in [1.29, 1.82) is 0 Å². The number of carbonyl (C=O) groups excluding carboxylic acids is 2. The van der Waals surface area contributed by atoms with Gasteiger partial charge in [-0.1, -0.05) is 18.2 Å². The fourth-order valence-corrected chi connectivity index (χ4v) is 3.56. The zero-order valence-corrected chi connectivity index (χ0v) is 15.2. The summed E-state index contributed by atoms with van der Waals surface area (Å²) in [5.74, 6) is 0.185. The molecule has 136 valence electrons. The van der Waals surface area contributed by atoms with E-state index in [1.165, 1.54) is 7.11 Å². The lowest BCUT2D eigenvalue weighted by atomic mass is 9.93. The Morgan fingerprint density at radius 1 is 0.889 bits per heavy atom. The molecule has 0 radical (unpaired) electrons. The summed E-state index contributed by atoms with van der Waals surface area (Å²) < 4.78 is 10.7. The van der Waals surface area contributed by atoms with Crippen LogP contribution < -0.4 is 14.8 Å². The number of aryl methyl sites for hydroxylation is 1. The van der Waals surface area contributed by atoms with E-state index in [1.54, 1.807) is 25.3 Å². The number of hydrogen-bond donors (Lipinski definition) is 2. The third-order valence-corrected chi connectivity index (χ3v) is 4.75. The third-order valence-electron chi connectivity index (χ3n) is 4.75. The van der Waals surface area contributed by atoms with Crippen LogP contribution in [0.2, 0.25) is 0 Å². The predicted molar refractivity (Wildman–Crippen MR) is 103 cm³/mol. The highest BCUT2D eigenvalue weighted by atomic mass is 16.5. The first-order valence-electron chi connectivity index (χ1n) is 8.45. The molecule has 6 heteroatoms. The summed E-state index contributed by atoms with van der Waals surface area (Å²) in [6, 6.07) is 12.9. The van der Waals surface area contributed by atoms with E-state index in [4.69, 9.17) is 9.47 Å². The number of carbonyl (C=O) groups is 2. The highest BCUT2D eigenvalue weighted by molar-refractivity contribution is 6.50. The van der Waals surface area contributed by atoms with Crippen LogP contribution in [0.5, 0.6) is 11.5 Å².